The predicted molar refractivity (Wildman–Crippen MR) is 182 cm³/mol. The molecule has 9 rings (SSSR count). The van der Waals surface area contributed by atoms with Crippen molar-refractivity contribution in [3.8, 4) is 21.9 Å². The number of amides is 1. The van der Waals surface area contributed by atoms with Gasteiger partial charge in [-0.1, -0.05) is 23.7 Å². The molecule has 0 saturated carbocycles. The third-order valence-corrected chi connectivity index (χ3v) is 11.2. The second kappa shape index (κ2) is 11.5. The van der Waals surface area contributed by atoms with E-state index in [-0.39, 0.29) is 23.8 Å². The van der Waals surface area contributed by atoms with Gasteiger partial charge in [0.05, 0.1) is 44.3 Å². The molecule has 2 atom stereocenters. The minimum Gasteiger partial charge on any atom is -0.421 e. The Balaban J connectivity index is 1.21. The summed E-state index contributed by atoms with van der Waals surface area (Å²) >= 11 is 8.05. The molecule has 1 saturated heterocycles. The number of anilines is 1. The fraction of sp³-hybridized carbons (Fsp3) is 0.278. The number of rotatable bonds is 7. The molecular formula is C36H29ClFN7O2S. The Morgan fingerprint density at radius 2 is 1.96 bits per heavy atom. The molecule has 1 N–H and O–H groups in total. The summed E-state index contributed by atoms with van der Waals surface area (Å²) in [5, 5.41) is 14.0. The van der Waals surface area contributed by atoms with Crippen LogP contribution in [-0.4, -0.2) is 42.5 Å². The van der Waals surface area contributed by atoms with Gasteiger partial charge >= 0.3 is 0 Å². The molecular weight excluding hydrogens is 649 g/mol. The molecule has 2 aliphatic heterocycles. The molecule has 0 bridgehead atoms. The highest BCUT2D eigenvalue weighted by Gasteiger charge is 2.45. The van der Waals surface area contributed by atoms with Gasteiger partial charge in [-0.2, -0.15) is 0 Å². The molecule has 1 aromatic carbocycles. The SMILES string of the molecule is Cc1nnc(-c2c(CCc3ccc(F)cc3)nc3c(c2-c2cc4ccnc(NC5CCc6c(Cl)cncc65)c4s2)C(=O)N2CCC[C@@H]32)o1. The number of nitrogens with one attached hydrogen (secondary N) is 1. The van der Waals surface area contributed by atoms with Crippen LogP contribution in [0.5, 0.6) is 0 Å². The van der Waals surface area contributed by atoms with Gasteiger partial charge in [-0.3, -0.25) is 14.8 Å². The number of thiophene rings is 1. The van der Waals surface area contributed by atoms with Crippen LogP contribution < -0.4 is 5.32 Å². The molecule has 0 radical (unpaired) electrons. The van der Waals surface area contributed by atoms with Crippen molar-refractivity contribution < 1.29 is 13.6 Å². The van der Waals surface area contributed by atoms with Gasteiger partial charge in [-0.25, -0.2) is 9.37 Å². The fourth-order valence-corrected chi connectivity index (χ4v) is 8.93. The maximum absolute atomic E-state index is 14.2. The number of hydrogen-bond donors (Lipinski definition) is 1. The average Bonchev–Trinajstić information content (AvgIpc) is 3.92. The zero-order valence-electron chi connectivity index (χ0n) is 26.0. The highest BCUT2D eigenvalue weighted by Crippen LogP contribution is 2.50. The standard InChI is InChI=1S/C36H29ClFN7O2S/c1-18-43-44-35(47-18)29-26(10-6-19-4-7-21(38)8-5-19)41-32-27-3-2-14-45(27)36(46)31(32)30(29)28-15-20-12-13-40-34(33(20)48-28)42-25-11-9-22-23(25)16-39-17-24(22)37/h4-5,7-8,12-13,15-17,25,27H,2-3,6,9-11,14H2,1H3,(H,40,42)/t25?,27-/m0/s1. The number of carbonyl (C=O) groups is 1. The first-order chi connectivity index (χ1) is 23.4. The molecule has 1 aliphatic carbocycles. The molecule has 12 heteroatoms. The molecule has 7 heterocycles. The third kappa shape index (κ3) is 4.78. The first-order valence-corrected chi connectivity index (χ1v) is 17.3. The van der Waals surface area contributed by atoms with E-state index in [1.54, 1.807) is 36.6 Å². The fourth-order valence-electron chi connectivity index (χ4n) is 7.51. The van der Waals surface area contributed by atoms with Gasteiger partial charge < -0.3 is 14.6 Å². The van der Waals surface area contributed by atoms with Crippen molar-refractivity contribution in [3.63, 3.8) is 0 Å². The molecule has 1 amide bonds. The Kier molecular flexibility index (Phi) is 7.01. The summed E-state index contributed by atoms with van der Waals surface area (Å²) in [7, 11) is 0. The van der Waals surface area contributed by atoms with Crippen LogP contribution >= 0.6 is 22.9 Å². The number of carbonyl (C=O) groups excluding carboxylic acids is 1. The molecule has 240 valence electrons. The highest BCUT2D eigenvalue weighted by atomic mass is 35.5. The van der Waals surface area contributed by atoms with Gasteiger partial charge in [-0.15, -0.1) is 21.5 Å². The smallest absolute Gasteiger partial charge is 0.257 e. The van der Waals surface area contributed by atoms with Crippen molar-refractivity contribution in [2.75, 3.05) is 11.9 Å². The van der Waals surface area contributed by atoms with Crippen molar-refractivity contribution in [3.05, 3.63) is 105 Å². The molecule has 0 spiro atoms. The van der Waals surface area contributed by atoms with Crippen LogP contribution in [0.2, 0.25) is 5.02 Å². The van der Waals surface area contributed by atoms with Crippen LogP contribution in [0.15, 0.2) is 59.4 Å². The van der Waals surface area contributed by atoms with E-state index < -0.39 is 0 Å². The molecule has 9 nitrogen and oxygen atoms in total. The minimum atomic E-state index is -0.274. The second-order valence-electron chi connectivity index (χ2n) is 12.6. The van der Waals surface area contributed by atoms with Gasteiger partial charge in [0.2, 0.25) is 11.8 Å². The summed E-state index contributed by atoms with van der Waals surface area (Å²) in [5.41, 5.74) is 6.84. The largest absolute Gasteiger partial charge is 0.421 e. The molecule has 6 aromatic rings. The van der Waals surface area contributed by atoms with Crippen molar-refractivity contribution in [1.29, 1.82) is 0 Å². The number of nitrogens with zero attached hydrogens (tertiary/aromatic N) is 6. The quantitative estimate of drug-likeness (QED) is 0.181. The maximum Gasteiger partial charge on any atom is 0.257 e. The van der Waals surface area contributed by atoms with E-state index in [2.05, 4.69) is 26.6 Å². The van der Waals surface area contributed by atoms with Crippen LogP contribution in [0, 0.1) is 12.7 Å². The molecule has 5 aromatic heterocycles. The lowest BCUT2D eigenvalue weighted by atomic mass is 9.93. The third-order valence-electron chi connectivity index (χ3n) is 9.73. The van der Waals surface area contributed by atoms with Crippen LogP contribution in [0.3, 0.4) is 0 Å². The number of pyridine rings is 3. The van der Waals surface area contributed by atoms with Crippen LogP contribution in [0.1, 0.15) is 75.7 Å². The normalized spacial score (nSPS) is 18.1. The van der Waals surface area contributed by atoms with E-state index in [9.17, 15) is 9.18 Å². The van der Waals surface area contributed by atoms with E-state index in [0.717, 1.165) is 80.1 Å². The summed E-state index contributed by atoms with van der Waals surface area (Å²) < 4.78 is 20.8. The Hall–Kier alpha value is -4.74. The summed E-state index contributed by atoms with van der Waals surface area (Å²) in [6.45, 7) is 2.45. The van der Waals surface area contributed by atoms with E-state index in [1.165, 1.54) is 12.1 Å². The number of aryl methyl sites for hydroxylation is 3. The Bertz CT molecular complexity index is 2250. The lowest BCUT2D eigenvalue weighted by molar-refractivity contribution is 0.0776. The summed E-state index contributed by atoms with van der Waals surface area (Å²) in [4.78, 5) is 31.4. The number of benzene rings is 1. The van der Waals surface area contributed by atoms with Crippen molar-refractivity contribution in [2.45, 2.75) is 57.5 Å². The Morgan fingerprint density at radius 1 is 1.08 bits per heavy atom. The number of fused-ring (bicyclic) bond motifs is 5. The molecule has 3 aliphatic rings. The number of halogens is 2. The van der Waals surface area contributed by atoms with E-state index >= 15 is 0 Å². The van der Waals surface area contributed by atoms with Crippen molar-refractivity contribution in [1.82, 2.24) is 30.0 Å². The van der Waals surface area contributed by atoms with Crippen LogP contribution in [-0.2, 0) is 19.3 Å². The molecule has 48 heavy (non-hydrogen) atoms. The van der Waals surface area contributed by atoms with Crippen LogP contribution in [0.25, 0.3) is 32.0 Å². The monoisotopic (exact) mass is 677 g/mol. The van der Waals surface area contributed by atoms with Crippen molar-refractivity contribution >= 4 is 44.7 Å². The van der Waals surface area contributed by atoms with E-state index in [4.69, 9.17) is 26.0 Å². The van der Waals surface area contributed by atoms with Gasteiger partial charge in [0.1, 0.15) is 11.6 Å². The zero-order chi connectivity index (χ0) is 32.5. The van der Waals surface area contributed by atoms with Gasteiger partial charge in [0.15, 0.2) is 0 Å². The van der Waals surface area contributed by atoms with Crippen molar-refractivity contribution in [2.24, 2.45) is 0 Å². The summed E-state index contributed by atoms with van der Waals surface area (Å²) in [6.07, 6.45) is 10.1. The molecule has 1 unspecified atom stereocenters. The topological polar surface area (TPSA) is 110 Å². The van der Waals surface area contributed by atoms with Gasteiger partial charge in [0, 0.05) is 42.5 Å². The minimum absolute atomic E-state index is 0.0153. The summed E-state index contributed by atoms with van der Waals surface area (Å²) in [5.74, 6) is 1.23. The maximum atomic E-state index is 14.2. The Labute approximate surface area is 284 Å². The average molecular weight is 678 g/mol. The van der Waals surface area contributed by atoms with Gasteiger partial charge in [-0.05, 0) is 84.9 Å². The number of hydrogen-bond acceptors (Lipinski definition) is 9. The van der Waals surface area contributed by atoms with E-state index in [0.29, 0.717) is 47.3 Å². The lowest BCUT2D eigenvalue weighted by Gasteiger charge is -2.16. The first-order valence-electron chi connectivity index (χ1n) is 16.1. The van der Waals surface area contributed by atoms with Crippen LogP contribution in [0.4, 0.5) is 10.2 Å². The summed E-state index contributed by atoms with van der Waals surface area (Å²) in [6, 6.07) is 10.6. The first kappa shape index (κ1) is 29.4. The lowest BCUT2D eigenvalue weighted by Crippen LogP contribution is -2.22. The second-order valence-corrected chi connectivity index (χ2v) is 14.1. The van der Waals surface area contributed by atoms with E-state index in [1.807, 2.05) is 23.4 Å². The Morgan fingerprint density at radius 3 is 2.79 bits per heavy atom. The number of aromatic nitrogens is 5. The predicted octanol–water partition coefficient (Wildman–Crippen LogP) is 8.08. The zero-order valence-corrected chi connectivity index (χ0v) is 27.5. The highest BCUT2D eigenvalue weighted by molar-refractivity contribution is 7.23. The van der Waals surface area contributed by atoms with Gasteiger partial charge in [0.25, 0.3) is 5.91 Å². The molecule has 1 fully saturated rings.